The molecule has 1 aromatic carbocycles. The third kappa shape index (κ3) is 1.86. The largest absolute Gasteiger partial charge is 0.384 e. The van der Waals surface area contributed by atoms with Crippen molar-refractivity contribution in [2.75, 3.05) is 6.54 Å². The Bertz CT molecular complexity index is 479. The Hall–Kier alpha value is -0.900. The molecule has 16 heavy (non-hydrogen) atoms. The molecule has 86 valence electrons. The standard InChI is InChI=1S/C13H17NOS/c1-2-7-13(15,9-14)11-5-3-4-10-6-8-16-12(10)11/h3-6,8,15H,2,7,9,14H2,1H3. The second-order valence-electron chi connectivity index (χ2n) is 4.13. The number of aliphatic hydroxyl groups is 1. The summed E-state index contributed by atoms with van der Waals surface area (Å²) < 4.78 is 1.16. The highest BCUT2D eigenvalue weighted by Crippen LogP contribution is 2.34. The average Bonchev–Trinajstić information content (AvgIpc) is 2.76. The molecule has 2 nitrogen and oxygen atoms in total. The lowest BCUT2D eigenvalue weighted by molar-refractivity contribution is 0.0376. The maximum atomic E-state index is 10.6. The molecule has 1 atom stereocenters. The van der Waals surface area contributed by atoms with Crippen LogP contribution in [0.1, 0.15) is 25.3 Å². The molecule has 1 aromatic heterocycles. The van der Waals surface area contributed by atoms with Crippen molar-refractivity contribution in [3.8, 4) is 0 Å². The second-order valence-corrected chi connectivity index (χ2v) is 5.05. The maximum absolute atomic E-state index is 10.6. The fraction of sp³-hybridized carbons (Fsp3) is 0.385. The van der Waals surface area contributed by atoms with Crippen LogP contribution in [0.25, 0.3) is 10.1 Å². The van der Waals surface area contributed by atoms with Crippen LogP contribution in [0.5, 0.6) is 0 Å². The maximum Gasteiger partial charge on any atom is 0.103 e. The Morgan fingerprint density at radius 3 is 2.88 bits per heavy atom. The molecule has 0 aliphatic heterocycles. The summed E-state index contributed by atoms with van der Waals surface area (Å²) in [5.41, 5.74) is 5.84. The van der Waals surface area contributed by atoms with Gasteiger partial charge in [0.2, 0.25) is 0 Å². The number of hydrogen-bond donors (Lipinski definition) is 2. The summed E-state index contributed by atoms with van der Waals surface area (Å²) in [5, 5.41) is 13.8. The third-order valence-electron chi connectivity index (χ3n) is 2.98. The summed E-state index contributed by atoms with van der Waals surface area (Å²) in [6.07, 6.45) is 1.63. The van der Waals surface area contributed by atoms with Gasteiger partial charge in [0.05, 0.1) is 0 Å². The number of benzene rings is 1. The van der Waals surface area contributed by atoms with E-state index < -0.39 is 5.60 Å². The molecule has 3 heteroatoms. The molecule has 0 bridgehead atoms. The molecule has 3 N–H and O–H groups in total. The van der Waals surface area contributed by atoms with Crippen molar-refractivity contribution < 1.29 is 5.11 Å². The first-order valence-corrected chi connectivity index (χ1v) is 6.48. The molecule has 0 fully saturated rings. The van der Waals surface area contributed by atoms with E-state index in [1.165, 1.54) is 5.39 Å². The minimum absolute atomic E-state index is 0.276. The molecular weight excluding hydrogens is 218 g/mol. The zero-order valence-electron chi connectivity index (χ0n) is 9.44. The molecule has 0 radical (unpaired) electrons. The first-order valence-electron chi connectivity index (χ1n) is 5.60. The quantitative estimate of drug-likeness (QED) is 0.856. The van der Waals surface area contributed by atoms with Gasteiger partial charge in [0.1, 0.15) is 5.60 Å². The van der Waals surface area contributed by atoms with Crippen molar-refractivity contribution in [3.05, 3.63) is 35.2 Å². The molecule has 0 saturated heterocycles. The molecule has 0 spiro atoms. The van der Waals surface area contributed by atoms with Gasteiger partial charge in [0.15, 0.2) is 0 Å². The molecule has 0 aliphatic carbocycles. The van der Waals surface area contributed by atoms with Crippen molar-refractivity contribution in [3.63, 3.8) is 0 Å². The summed E-state index contributed by atoms with van der Waals surface area (Å²) in [6, 6.07) is 8.12. The van der Waals surface area contributed by atoms with Gasteiger partial charge in [-0.25, -0.2) is 0 Å². The van der Waals surface area contributed by atoms with Gasteiger partial charge in [-0.15, -0.1) is 11.3 Å². The molecular formula is C13H17NOS. The summed E-state index contributed by atoms with van der Waals surface area (Å²) in [5.74, 6) is 0. The van der Waals surface area contributed by atoms with Crippen molar-refractivity contribution in [1.82, 2.24) is 0 Å². The van der Waals surface area contributed by atoms with Crippen molar-refractivity contribution in [1.29, 1.82) is 0 Å². The number of thiophene rings is 1. The molecule has 2 aromatic rings. The third-order valence-corrected chi connectivity index (χ3v) is 3.95. The zero-order chi connectivity index (χ0) is 11.6. The van der Waals surface area contributed by atoms with Crippen LogP contribution in [0.4, 0.5) is 0 Å². The summed E-state index contributed by atoms with van der Waals surface area (Å²) in [4.78, 5) is 0. The lowest BCUT2D eigenvalue weighted by atomic mass is 9.89. The number of rotatable bonds is 4. The smallest absolute Gasteiger partial charge is 0.103 e. The van der Waals surface area contributed by atoms with Crippen LogP contribution in [0, 0.1) is 0 Å². The summed E-state index contributed by atoms with van der Waals surface area (Å²) >= 11 is 1.67. The van der Waals surface area contributed by atoms with E-state index in [1.807, 2.05) is 12.1 Å². The van der Waals surface area contributed by atoms with E-state index >= 15 is 0 Å². The first kappa shape index (κ1) is 11.6. The van der Waals surface area contributed by atoms with Crippen LogP contribution in [-0.2, 0) is 5.60 Å². The SMILES string of the molecule is CCCC(O)(CN)c1cccc2ccsc12. The molecule has 0 amide bonds. The van der Waals surface area contributed by atoms with Gasteiger partial charge in [0.25, 0.3) is 0 Å². The van der Waals surface area contributed by atoms with Gasteiger partial charge in [-0.2, -0.15) is 0 Å². The highest BCUT2D eigenvalue weighted by molar-refractivity contribution is 7.17. The van der Waals surface area contributed by atoms with Gasteiger partial charge in [-0.3, -0.25) is 0 Å². The molecule has 1 unspecified atom stereocenters. The van der Waals surface area contributed by atoms with Gasteiger partial charge in [-0.05, 0) is 23.3 Å². The fourth-order valence-corrected chi connectivity index (χ4v) is 3.13. The summed E-state index contributed by atoms with van der Waals surface area (Å²) in [6.45, 7) is 2.34. The predicted molar refractivity (Wildman–Crippen MR) is 69.7 cm³/mol. The van der Waals surface area contributed by atoms with E-state index in [9.17, 15) is 5.11 Å². The van der Waals surface area contributed by atoms with Crippen LogP contribution in [-0.4, -0.2) is 11.7 Å². The molecule has 2 rings (SSSR count). The van der Waals surface area contributed by atoms with Crippen molar-refractivity contribution in [2.45, 2.75) is 25.4 Å². The fourth-order valence-electron chi connectivity index (χ4n) is 2.12. The van der Waals surface area contributed by atoms with Gasteiger partial charge < -0.3 is 10.8 Å². The molecule has 1 heterocycles. The van der Waals surface area contributed by atoms with E-state index in [0.717, 1.165) is 16.7 Å². The van der Waals surface area contributed by atoms with E-state index in [1.54, 1.807) is 11.3 Å². The highest BCUT2D eigenvalue weighted by Gasteiger charge is 2.28. The number of fused-ring (bicyclic) bond motifs is 1. The Kier molecular flexibility index (Phi) is 3.28. The number of hydrogen-bond acceptors (Lipinski definition) is 3. The minimum Gasteiger partial charge on any atom is -0.384 e. The lowest BCUT2D eigenvalue weighted by Crippen LogP contribution is -2.34. The predicted octanol–water partition coefficient (Wildman–Crippen LogP) is 2.85. The Morgan fingerprint density at radius 2 is 2.19 bits per heavy atom. The molecule has 0 aliphatic rings. The van der Waals surface area contributed by atoms with E-state index in [-0.39, 0.29) is 6.54 Å². The minimum atomic E-state index is -0.876. The van der Waals surface area contributed by atoms with E-state index in [2.05, 4.69) is 24.4 Å². The van der Waals surface area contributed by atoms with Crippen LogP contribution >= 0.6 is 11.3 Å². The highest BCUT2D eigenvalue weighted by atomic mass is 32.1. The van der Waals surface area contributed by atoms with Crippen molar-refractivity contribution in [2.24, 2.45) is 5.73 Å². The second kappa shape index (κ2) is 4.53. The van der Waals surface area contributed by atoms with Crippen molar-refractivity contribution >= 4 is 21.4 Å². The van der Waals surface area contributed by atoms with Gasteiger partial charge in [-0.1, -0.05) is 31.5 Å². The Morgan fingerprint density at radius 1 is 1.38 bits per heavy atom. The Labute approximate surface area is 99.7 Å². The topological polar surface area (TPSA) is 46.2 Å². The van der Waals surface area contributed by atoms with Gasteiger partial charge >= 0.3 is 0 Å². The normalized spacial score (nSPS) is 15.2. The van der Waals surface area contributed by atoms with Crippen LogP contribution < -0.4 is 5.73 Å². The Balaban J connectivity index is 2.56. The van der Waals surface area contributed by atoms with Crippen LogP contribution in [0.2, 0.25) is 0 Å². The zero-order valence-corrected chi connectivity index (χ0v) is 10.3. The molecule has 0 saturated carbocycles. The van der Waals surface area contributed by atoms with Gasteiger partial charge in [0, 0.05) is 16.8 Å². The summed E-state index contributed by atoms with van der Waals surface area (Å²) in [7, 11) is 0. The monoisotopic (exact) mass is 235 g/mol. The van der Waals surface area contributed by atoms with Crippen LogP contribution in [0.3, 0.4) is 0 Å². The average molecular weight is 235 g/mol. The van der Waals surface area contributed by atoms with E-state index in [4.69, 9.17) is 5.73 Å². The lowest BCUT2D eigenvalue weighted by Gasteiger charge is -2.27. The van der Waals surface area contributed by atoms with E-state index in [0.29, 0.717) is 6.42 Å². The number of nitrogens with two attached hydrogens (primary N) is 1. The first-order chi connectivity index (χ1) is 7.71. The van der Waals surface area contributed by atoms with Crippen LogP contribution in [0.15, 0.2) is 29.6 Å².